The van der Waals surface area contributed by atoms with Gasteiger partial charge in [-0.2, -0.15) is 0 Å². The maximum absolute atomic E-state index is 12.8. The highest BCUT2D eigenvalue weighted by molar-refractivity contribution is 5.87. The molecule has 0 aromatic carbocycles. The van der Waals surface area contributed by atoms with E-state index in [1.807, 2.05) is 11.8 Å². The molecule has 20 heavy (non-hydrogen) atoms. The monoisotopic (exact) mass is 277 g/mol. The van der Waals surface area contributed by atoms with E-state index in [0.29, 0.717) is 24.5 Å². The Morgan fingerprint density at radius 1 is 1.10 bits per heavy atom. The van der Waals surface area contributed by atoms with Crippen LogP contribution in [-0.2, 0) is 14.3 Å². The van der Waals surface area contributed by atoms with Crippen molar-refractivity contribution in [3.63, 3.8) is 0 Å². The van der Waals surface area contributed by atoms with Gasteiger partial charge in [0.05, 0.1) is 6.61 Å². The van der Waals surface area contributed by atoms with Crippen LogP contribution in [0.5, 0.6) is 0 Å². The quantitative estimate of drug-likeness (QED) is 0.720. The largest absolute Gasteiger partial charge is 0.465 e. The normalized spacial score (nSPS) is 40.4. The van der Waals surface area contributed by atoms with Crippen molar-refractivity contribution in [3.8, 4) is 0 Å². The number of carbonyl (C=O) groups excluding carboxylic acids is 2. The third kappa shape index (κ3) is 1.87. The van der Waals surface area contributed by atoms with Crippen LogP contribution in [0, 0.1) is 29.6 Å². The first-order chi connectivity index (χ1) is 9.70. The van der Waals surface area contributed by atoms with Crippen molar-refractivity contribution in [1.82, 2.24) is 4.90 Å². The Balaban J connectivity index is 1.42. The molecule has 4 aliphatic rings. The number of carbonyl (C=O) groups is 2. The molecule has 0 aromatic heterocycles. The zero-order valence-electron chi connectivity index (χ0n) is 12.1. The number of fused-ring (bicyclic) bond motifs is 5. The number of ether oxygens (including phenoxy) is 1. The summed E-state index contributed by atoms with van der Waals surface area (Å²) < 4.78 is 5.02. The Morgan fingerprint density at radius 2 is 1.75 bits per heavy atom. The van der Waals surface area contributed by atoms with Crippen LogP contribution in [-0.4, -0.2) is 36.0 Å². The molecule has 4 aliphatic carbocycles. The predicted octanol–water partition coefficient (Wildman–Crippen LogP) is 1.83. The average Bonchev–Trinajstić information content (AvgIpc) is 3.33. The number of amides is 1. The van der Waals surface area contributed by atoms with Crippen LogP contribution in [0.25, 0.3) is 0 Å². The van der Waals surface area contributed by atoms with Gasteiger partial charge in [0.15, 0.2) is 0 Å². The van der Waals surface area contributed by atoms with Gasteiger partial charge in [-0.3, -0.25) is 9.59 Å². The van der Waals surface area contributed by atoms with E-state index in [2.05, 4.69) is 0 Å². The first-order valence-electron chi connectivity index (χ1n) is 8.16. The first kappa shape index (κ1) is 12.7. The Bertz CT molecular complexity index is 429. The molecule has 0 spiro atoms. The van der Waals surface area contributed by atoms with Crippen molar-refractivity contribution in [3.05, 3.63) is 0 Å². The number of nitrogens with zero attached hydrogens (tertiary/aromatic N) is 1. The van der Waals surface area contributed by atoms with Crippen LogP contribution in [0.15, 0.2) is 0 Å². The van der Waals surface area contributed by atoms with Gasteiger partial charge >= 0.3 is 5.97 Å². The number of hydrogen-bond acceptors (Lipinski definition) is 3. The van der Waals surface area contributed by atoms with Crippen LogP contribution in [0.2, 0.25) is 0 Å². The molecule has 4 heteroatoms. The van der Waals surface area contributed by atoms with Crippen molar-refractivity contribution in [2.45, 2.75) is 45.1 Å². The van der Waals surface area contributed by atoms with Crippen LogP contribution in [0.3, 0.4) is 0 Å². The van der Waals surface area contributed by atoms with Crippen LogP contribution in [0.1, 0.15) is 39.0 Å². The van der Waals surface area contributed by atoms with E-state index in [-0.39, 0.29) is 24.3 Å². The summed E-state index contributed by atoms with van der Waals surface area (Å²) in [5.41, 5.74) is 0. The summed E-state index contributed by atoms with van der Waals surface area (Å²) in [6.07, 6.45) is 6.13. The summed E-state index contributed by atoms with van der Waals surface area (Å²) in [6.45, 7) is 2.37. The van der Waals surface area contributed by atoms with E-state index in [1.165, 1.54) is 19.3 Å². The summed E-state index contributed by atoms with van der Waals surface area (Å²) in [5.74, 6) is 3.18. The van der Waals surface area contributed by atoms with E-state index in [0.717, 1.165) is 24.7 Å². The lowest BCUT2D eigenvalue weighted by Crippen LogP contribution is -2.40. The maximum Gasteiger partial charge on any atom is 0.325 e. The van der Waals surface area contributed by atoms with Gasteiger partial charge in [0.2, 0.25) is 5.91 Å². The van der Waals surface area contributed by atoms with Crippen molar-refractivity contribution in [2.75, 3.05) is 13.2 Å². The molecule has 1 amide bonds. The number of rotatable bonds is 5. The molecule has 2 bridgehead atoms. The molecule has 0 N–H and O–H groups in total. The van der Waals surface area contributed by atoms with Gasteiger partial charge in [0.1, 0.15) is 6.54 Å². The molecule has 4 fully saturated rings. The van der Waals surface area contributed by atoms with Gasteiger partial charge in [-0.25, -0.2) is 0 Å². The molecule has 110 valence electrons. The molecule has 4 atom stereocenters. The zero-order chi connectivity index (χ0) is 13.9. The minimum absolute atomic E-state index is 0.169. The van der Waals surface area contributed by atoms with Crippen molar-refractivity contribution >= 4 is 11.9 Å². The van der Waals surface area contributed by atoms with Gasteiger partial charge in [0, 0.05) is 12.0 Å². The van der Waals surface area contributed by atoms with Gasteiger partial charge in [-0.05, 0) is 62.7 Å². The summed E-state index contributed by atoms with van der Waals surface area (Å²) in [5, 5.41) is 0. The fraction of sp³-hybridized carbons (Fsp3) is 0.875. The molecule has 0 heterocycles. The van der Waals surface area contributed by atoms with Crippen LogP contribution < -0.4 is 0 Å². The average molecular weight is 277 g/mol. The lowest BCUT2D eigenvalue weighted by molar-refractivity contribution is -0.150. The topological polar surface area (TPSA) is 46.6 Å². The number of hydrogen-bond donors (Lipinski definition) is 0. The molecule has 0 aromatic rings. The van der Waals surface area contributed by atoms with E-state index in [9.17, 15) is 9.59 Å². The molecular weight excluding hydrogens is 254 g/mol. The highest BCUT2D eigenvalue weighted by Gasteiger charge is 2.68. The highest BCUT2D eigenvalue weighted by atomic mass is 16.5. The van der Waals surface area contributed by atoms with Crippen molar-refractivity contribution in [1.29, 1.82) is 0 Å². The second-order valence-corrected chi connectivity index (χ2v) is 7.02. The molecule has 0 aliphatic heterocycles. The lowest BCUT2D eigenvalue weighted by Gasteiger charge is -2.23. The fourth-order valence-electron chi connectivity index (χ4n) is 4.97. The van der Waals surface area contributed by atoms with Crippen molar-refractivity contribution in [2.24, 2.45) is 29.6 Å². The standard InChI is InChI=1S/C16H23NO3/c1-2-20-12(18)8-17(11-5-6-11)16(19)15-13-9-3-4-10(7-9)14(13)15/h9-11,13-15H,2-8H2,1H3. The number of esters is 1. The predicted molar refractivity (Wildman–Crippen MR) is 72.7 cm³/mol. The Morgan fingerprint density at radius 3 is 2.30 bits per heavy atom. The van der Waals surface area contributed by atoms with E-state index in [1.54, 1.807) is 0 Å². The second-order valence-electron chi connectivity index (χ2n) is 7.02. The zero-order valence-corrected chi connectivity index (χ0v) is 12.1. The molecule has 0 radical (unpaired) electrons. The molecule has 4 rings (SSSR count). The molecule has 4 nitrogen and oxygen atoms in total. The minimum atomic E-state index is -0.249. The Kier molecular flexibility index (Phi) is 2.83. The lowest BCUT2D eigenvalue weighted by atomic mass is 10.0. The molecule has 0 saturated heterocycles. The maximum atomic E-state index is 12.8. The highest BCUT2D eigenvalue weighted by Crippen LogP contribution is 2.69. The van der Waals surface area contributed by atoms with Gasteiger partial charge in [-0.1, -0.05) is 0 Å². The van der Waals surface area contributed by atoms with Crippen molar-refractivity contribution < 1.29 is 14.3 Å². The molecule has 4 unspecified atom stereocenters. The van der Waals surface area contributed by atoms with E-state index < -0.39 is 0 Å². The smallest absolute Gasteiger partial charge is 0.325 e. The Hall–Kier alpha value is -1.06. The third-order valence-electron chi connectivity index (χ3n) is 5.90. The van der Waals surface area contributed by atoms with Gasteiger partial charge < -0.3 is 9.64 Å². The SMILES string of the molecule is CCOC(=O)CN(C(=O)C1C2C3CCC(C3)C12)C1CC1. The van der Waals surface area contributed by atoms with E-state index in [4.69, 9.17) is 4.74 Å². The summed E-state index contributed by atoms with van der Waals surface area (Å²) in [7, 11) is 0. The fourth-order valence-corrected chi connectivity index (χ4v) is 4.97. The first-order valence-corrected chi connectivity index (χ1v) is 8.16. The Labute approximate surface area is 119 Å². The summed E-state index contributed by atoms with van der Waals surface area (Å²) in [4.78, 5) is 26.3. The second kappa shape index (κ2) is 4.47. The molecular formula is C16H23NO3. The van der Waals surface area contributed by atoms with Gasteiger partial charge in [0.25, 0.3) is 0 Å². The molecule has 4 saturated carbocycles. The summed E-state index contributed by atoms with van der Waals surface area (Å²) in [6, 6.07) is 0.311. The van der Waals surface area contributed by atoms with E-state index >= 15 is 0 Å². The third-order valence-corrected chi connectivity index (χ3v) is 5.90. The van der Waals surface area contributed by atoms with Crippen LogP contribution in [0.4, 0.5) is 0 Å². The van der Waals surface area contributed by atoms with Gasteiger partial charge in [-0.15, -0.1) is 0 Å². The van der Waals surface area contributed by atoms with Crippen LogP contribution >= 0.6 is 0 Å². The summed E-state index contributed by atoms with van der Waals surface area (Å²) >= 11 is 0. The minimum Gasteiger partial charge on any atom is -0.465 e.